The van der Waals surface area contributed by atoms with Gasteiger partial charge in [0.15, 0.2) is 0 Å². The molecule has 8 nitrogen and oxygen atoms in total. The van der Waals surface area contributed by atoms with Gasteiger partial charge in [-0.25, -0.2) is 9.59 Å². The molecule has 1 aliphatic rings. The number of unbranched alkanes of at least 4 members (excludes halogenated alkanes) is 5. The summed E-state index contributed by atoms with van der Waals surface area (Å²) in [6.45, 7) is 0.612. The summed E-state index contributed by atoms with van der Waals surface area (Å²) in [6.07, 6.45) is 3.52. The number of ether oxygens (including phenoxy) is 3. The minimum atomic E-state index is -5.53. The first kappa shape index (κ1) is 39.3. The van der Waals surface area contributed by atoms with E-state index in [1.807, 2.05) is 0 Å². The first-order valence-corrected chi connectivity index (χ1v) is 16.7. The van der Waals surface area contributed by atoms with Gasteiger partial charge in [0.25, 0.3) is 0 Å². The molecule has 0 spiro atoms. The number of carbonyl (C=O) groups is 3. The van der Waals surface area contributed by atoms with E-state index in [2.05, 4.69) is 0 Å². The van der Waals surface area contributed by atoms with Crippen LogP contribution in [0, 0.1) is 11.8 Å². The van der Waals surface area contributed by atoms with Crippen molar-refractivity contribution in [3.05, 3.63) is 59.7 Å². The highest BCUT2D eigenvalue weighted by molar-refractivity contribution is 5.91. The smallest absolute Gasteiger partial charge is 0.453 e. The number of nitrogen functional groups attached to an aromatic ring is 2. The van der Waals surface area contributed by atoms with Crippen LogP contribution in [0.25, 0.3) is 6.08 Å². The molecule has 0 amide bonds. The fourth-order valence-electron chi connectivity index (χ4n) is 5.63. The second-order valence-corrected chi connectivity index (χ2v) is 12.4. The van der Waals surface area contributed by atoms with Crippen LogP contribution in [-0.4, -0.2) is 43.2 Å². The van der Waals surface area contributed by atoms with Crippen molar-refractivity contribution < 1.29 is 50.5 Å². The lowest BCUT2D eigenvalue weighted by atomic mass is 9.79. The summed E-state index contributed by atoms with van der Waals surface area (Å²) < 4.78 is 79.2. The first-order valence-electron chi connectivity index (χ1n) is 16.7. The normalized spacial score (nSPS) is 16.8. The fraction of sp³-hybridized carbons (Fsp3) is 0.528. The van der Waals surface area contributed by atoms with Crippen molar-refractivity contribution >= 4 is 35.4 Å². The molecule has 270 valence electrons. The molecule has 2 aromatic carbocycles. The van der Waals surface area contributed by atoms with Crippen molar-refractivity contribution in [3.63, 3.8) is 0 Å². The van der Waals surface area contributed by atoms with Gasteiger partial charge in [-0.15, -0.1) is 0 Å². The Morgan fingerprint density at radius 3 is 1.92 bits per heavy atom. The molecular formula is C36H45F5N2O6. The van der Waals surface area contributed by atoms with E-state index in [1.54, 1.807) is 36.4 Å². The molecule has 0 radical (unpaired) electrons. The molecular weight excluding hydrogens is 651 g/mol. The van der Waals surface area contributed by atoms with Crippen LogP contribution in [0.2, 0.25) is 0 Å². The molecule has 0 atom stereocenters. The van der Waals surface area contributed by atoms with Crippen molar-refractivity contribution in [1.82, 2.24) is 0 Å². The van der Waals surface area contributed by atoms with Crippen LogP contribution in [0.5, 0.6) is 5.75 Å². The standard InChI is InChI=1S/C36H45F5N2O6/c37-35(38,36(39,40)41)19-7-8-25-9-14-27(15-10-25)34(46)49-31-16-11-26(12-17-31)13-18-32(44)47-20-5-3-1-2-4-6-21-48-33(45)28-22-29(42)24-30(43)23-28/h11-13,16-18,22-25,27H,1-10,14-15,19-21,42-43H2/b18-13+. The fourth-order valence-corrected chi connectivity index (χ4v) is 5.63. The first-order chi connectivity index (χ1) is 23.2. The number of hydrogen-bond donors (Lipinski definition) is 2. The second kappa shape index (κ2) is 19.1. The monoisotopic (exact) mass is 696 g/mol. The molecule has 0 heterocycles. The average Bonchev–Trinajstić information content (AvgIpc) is 3.04. The number of halogens is 5. The van der Waals surface area contributed by atoms with E-state index in [0.717, 1.165) is 38.5 Å². The predicted molar refractivity (Wildman–Crippen MR) is 176 cm³/mol. The van der Waals surface area contributed by atoms with E-state index in [4.69, 9.17) is 25.7 Å². The average molecular weight is 697 g/mol. The Kier molecular flexibility index (Phi) is 15.3. The van der Waals surface area contributed by atoms with Crippen molar-refractivity contribution in [2.45, 2.75) is 95.6 Å². The number of anilines is 2. The number of carbonyl (C=O) groups excluding carboxylic acids is 3. The molecule has 49 heavy (non-hydrogen) atoms. The zero-order valence-electron chi connectivity index (χ0n) is 27.5. The van der Waals surface area contributed by atoms with Gasteiger partial charge in [0, 0.05) is 23.9 Å². The lowest BCUT2D eigenvalue weighted by Gasteiger charge is -2.28. The Labute approximate surface area is 283 Å². The molecule has 1 saturated carbocycles. The van der Waals surface area contributed by atoms with E-state index in [9.17, 15) is 36.3 Å². The highest BCUT2D eigenvalue weighted by atomic mass is 19.4. The van der Waals surface area contributed by atoms with Gasteiger partial charge in [-0.1, -0.05) is 44.2 Å². The summed E-state index contributed by atoms with van der Waals surface area (Å²) in [5.74, 6) is -6.02. The highest BCUT2D eigenvalue weighted by Gasteiger charge is 2.56. The minimum Gasteiger partial charge on any atom is -0.463 e. The number of rotatable bonds is 18. The molecule has 0 aliphatic heterocycles. The van der Waals surface area contributed by atoms with Gasteiger partial charge >= 0.3 is 30.0 Å². The third-order valence-corrected chi connectivity index (χ3v) is 8.44. The largest absolute Gasteiger partial charge is 0.463 e. The zero-order chi connectivity index (χ0) is 35.9. The molecule has 0 bridgehead atoms. The molecule has 13 heteroatoms. The molecule has 0 aromatic heterocycles. The lowest BCUT2D eigenvalue weighted by Crippen LogP contribution is -2.36. The van der Waals surface area contributed by atoms with Gasteiger partial charge < -0.3 is 25.7 Å². The Balaban J connectivity index is 1.21. The maximum Gasteiger partial charge on any atom is 0.453 e. The Morgan fingerprint density at radius 2 is 1.33 bits per heavy atom. The Hall–Kier alpha value is -4.16. The third-order valence-electron chi connectivity index (χ3n) is 8.44. The minimum absolute atomic E-state index is 0.0101. The van der Waals surface area contributed by atoms with E-state index in [0.29, 0.717) is 67.1 Å². The van der Waals surface area contributed by atoms with Gasteiger partial charge in [0.05, 0.1) is 24.7 Å². The van der Waals surface area contributed by atoms with Crippen molar-refractivity contribution in [1.29, 1.82) is 0 Å². The van der Waals surface area contributed by atoms with Crippen LogP contribution in [0.1, 0.15) is 99.4 Å². The second-order valence-electron chi connectivity index (χ2n) is 12.4. The summed E-state index contributed by atoms with van der Waals surface area (Å²) in [5, 5.41) is 0. The Morgan fingerprint density at radius 1 is 0.755 bits per heavy atom. The van der Waals surface area contributed by atoms with Gasteiger partial charge in [-0.2, -0.15) is 22.0 Å². The number of hydrogen-bond acceptors (Lipinski definition) is 8. The molecule has 0 unspecified atom stereocenters. The summed E-state index contributed by atoms with van der Waals surface area (Å²) in [4.78, 5) is 36.7. The maximum atomic E-state index is 13.1. The summed E-state index contributed by atoms with van der Waals surface area (Å²) in [5.41, 5.74) is 13.2. The van der Waals surface area contributed by atoms with Crippen LogP contribution < -0.4 is 16.2 Å². The Bertz CT molecular complexity index is 1370. The number of benzene rings is 2. The van der Waals surface area contributed by atoms with Gasteiger partial charge in [0.1, 0.15) is 5.75 Å². The van der Waals surface area contributed by atoms with Crippen LogP contribution in [0.4, 0.5) is 33.3 Å². The summed E-state index contributed by atoms with van der Waals surface area (Å²) in [7, 11) is 0. The number of alkyl halides is 5. The van der Waals surface area contributed by atoms with Crippen molar-refractivity contribution in [3.8, 4) is 5.75 Å². The predicted octanol–water partition coefficient (Wildman–Crippen LogP) is 8.68. The summed E-state index contributed by atoms with van der Waals surface area (Å²) >= 11 is 0. The maximum absolute atomic E-state index is 13.1. The number of nitrogens with two attached hydrogens (primary N) is 2. The lowest BCUT2D eigenvalue weighted by molar-refractivity contribution is -0.284. The van der Waals surface area contributed by atoms with E-state index in [-0.39, 0.29) is 24.7 Å². The molecule has 2 aromatic rings. The highest BCUT2D eigenvalue weighted by Crippen LogP contribution is 2.40. The van der Waals surface area contributed by atoms with Crippen LogP contribution in [-0.2, 0) is 19.1 Å². The molecule has 1 fully saturated rings. The van der Waals surface area contributed by atoms with Crippen molar-refractivity contribution in [2.24, 2.45) is 11.8 Å². The third kappa shape index (κ3) is 14.1. The van der Waals surface area contributed by atoms with Gasteiger partial charge in [0.2, 0.25) is 0 Å². The molecule has 1 aliphatic carbocycles. The summed E-state index contributed by atoms with van der Waals surface area (Å²) in [6, 6.07) is 11.2. The zero-order valence-corrected chi connectivity index (χ0v) is 27.5. The number of esters is 3. The molecule has 4 N–H and O–H groups in total. The topological polar surface area (TPSA) is 131 Å². The van der Waals surface area contributed by atoms with Crippen LogP contribution in [0.3, 0.4) is 0 Å². The van der Waals surface area contributed by atoms with Crippen LogP contribution in [0.15, 0.2) is 48.5 Å². The van der Waals surface area contributed by atoms with Crippen LogP contribution >= 0.6 is 0 Å². The van der Waals surface area contributed by atoms with Crippen molar-refractivity contribution in [2.75, 3.05) is 24.7 Å². The van der Waals surface area contributed by atoms with Gasteiger partial charge in [-0.05, 0) is 92.8 Å². The van der Waals surface area contributed by atoms with E-state index in [1.165, 1.54) is 18.2 Å². The van der Waals surface area contributed by atoms with Gasteiger partial charge in [-0.3, -0.25) is 4.79 Å². The van der Waals surface area contributed by atoms with E-state index >= 15 is 0 Å². The molecule has 3 rings (SSSR count). The van der Waals surface area contributed by atoms with E-state index < -0.39 is 36.4 Å². The quantitative estimate of drug-likeness (QED) is 0.0395. The SMILES string of the molecule is Nc1cc(N)cc(C(=O)OCCCCCCCCOC(=O)/C=C/c2ccc(OC(=O)C3CCC(CCCC(F)(F)C(F)(F)F)CC3)cc2)c1. The molecule has 0 saturated heterocycles.